The predicted molar refractivity (Wildman–Crippen MR) is 53.0 cm³/mol. The number of halogens is 1. The Hall–Kier alpha value is -0.330. The second kappa shape index (κ2) is 3.81. The molecule has 0 bridgehead atoms. The minimum atomic E-state index is -3.06. The summed E-state index contributed by atoms with van der Waals surface area (Å²) in [6, 6.07) is 2.73. The molecular formula is C7H10BrNO3S. The standard InChI is InChI=1S/C7H10BrNO3S/c1-13(10,11)4-5(9)6-2-3-7(8)12-6/h2-3,5H,4,9H2,1H3/t5-/m0/s1. The first-order valence-corrected chi connectivity index (χ1v) is 6.42. The van der Waals surface area contributed by atoms with Gasteiger partial charge in [-0.1, -0.05) is 0 Å². The monoisotopic (exact) mass is 267 g/mol. The number of furan rings is 1. The molecule has 0 saturated carbocycles. The second-order valence-corrected chi connectivity index (χ2v) is 5.81. The predicted octanol–water partition coefficient (Wildman–Crippen LogP) is 1.09. The fourth-order valence-corrected chi connectivity index (χ4v) is 2.07. The maximum absolute atomic E-state index is 10.9. The smallest absolute Gasteiger partial charge is 0.169 e. The van der Waals surface area contributed by atoms with Crippen LogP contribution in [0, 0.1) is 0 Å². The van der Waals surface area contributed by atoms with Crippen molar-refractivity contribution in [2.24, 2.45) is 5.73 Å². The molecule has 1 atom stereocenters. The van der Waals surface area contributed by atoms with Gasteiger partial charge < -0.3 is 10.2 Å². The van der Waals surface area contributed by atoms with Crippen LogP contribution in [0.3, 0.4) is 0 Å². The molecule has 74 valence electrons. The van der Waals surface area contributed by atoms with Crippen LogP contribution in [0.15, 0.2) is 21.2 Å². The topological polar surface area (TPSA) is 73.3 Å². The van der Waals surface area contributed by atoms with E-state index in [1.165, 1.54) is 0 Å². The summed E-state index contributed by atoms with van der Waals surface area (Å²) in [4.78, 5) is 0. The van der Waals surface area contributed by atoms with E-state index in [2.05, 4.69) is 15.9 Å². The lowest BCUT2D eigenvalue weighted by molar-refractivity contribution is 0.460. The van der Waals surface area contributed by atoms with Crippen LogP contribution >= 0.6 is 15.9 Å². The molecule has 0 spiro atoms. The molecule has 0 aliphatic rings. The van der Waals surface area contributed by atoms with E-state index >= 15 is 0 Å². The third-order valence-corrected chi connectivity index (χ3v) is 2.83. The molecule has 0 aliphatic carbocycles. The maximum Gasteiger partial charge on any atom is 0.169 e. The van der Waals surface area contributed by atoms with Gasteiger partial charge in [0.05, 0.1) is 11.8 Å². The van der Waals surface area contributed by atoms with E-state index in [4.69, 9.17) is 10.2 Å². The Kier molecular flexibility index (Phi) is 3.15. The van der Waals surface area contributed by atoms with E-state index in [0.717, 1.165) is 6.26 Å². The van der Waals surface area contributed by atoms with Crippen molar-refractivity contribution in [3.05, 3.63) is 22.6 Å². The Morgan fingerprint density at radius 1 is 1.62 bits per heavy atom. The summed E-state index contributed by atoms with van der Waals surface area (Å²) in [6.45, 7) is 0. The molecule has 0 saturated heterocycles. The molecule has 1 aromatic heterocycles. The zero-order valence-electron chi connectivity index (χ0n) is 7.03. The Bertz CT molecular complexity index is 384. The van der Waals surface area contributed by atoms with Gasteiger partial charge in [-0.2, -0.15) is 0 Å². The van der Waals surface area contributed by atoms with E-state index in [1.807, 2.05) is 0 Å². The van der Waals surface area contributed by atoms with Crippen molar-refractivity contribution in [1.82, 2.24) is 0 Å². The van der Waals surface area contributed by atoms with Crippen LogP contribution in [0.25, 0.3) is 0 Å². The van der Waals surface area contributed by atoms with Crippen LogP contribution < -0.4 is 5.73 Å². The number of sulfone groups is 1. The fraction of sp³-hybridized carbons (Fsp3) is 0.429. The Balaban J connectivity index is 2.75. The summed E-state index contributed by atoms with van der Waals surface area (Å²) in [6.07, 6.45) is 1.14. The minimum Gasteiger partial charge on any atom is -0.453 e. The molecular weight excluding hydrogens is 258 g/mol. The van der Waals surface area contributed by atoms with Gasteiger partial charge in [0.2, 0.25) is 0 Å². The van der Waals surface area contributed by atoms with Gasteiger partial charge in [-0.15, -0.1) is 0 Å². The molecule has 1 aromatic rings. The quantitative estimate of drug-likeness (QED) is 0.890. The molecule has 0 unspecified atom stereocenters. The van der Waals surface area contributed by atoms with E-state index in [-0.39, 0.29) is 5.75 Å². The Morgan fingerprint density at radius 3 is 2.62 bits per heavy atom. The molecule has 0 amide bonds. The van der Waals surface area contributed by atoms with Gasteiger partial charge in [0, 0.05) is 6.26 Å². The largest absolute Gasteiger partial charge is 0.453 e. The van der Waals surface area contributed by atoms with Crippen LogP contribution in [0.5, 0.6) is 0 Å². The molecule has 13 heavy (non-hydrogen) atoms. The van der Waals surface area contributed by atoms with Gasteiger partial charge in [-0.3, -0.25) is 0 Å². The minimum absolute atomic E-state index is 0.104. The molecule has 0 fully saturated rings. The first-order chi connectivity index (χ1) is 5.88. The summed E-state index contributed by atoms with van der Waals surface area (Å²) in [5.41, 5.74) is 5.60. The van der Waals surface area contributed by atoms with Crippen molar-refractivity contribution in [2.45, 2.75) is 6.04 Å². The van der Waals surface area contributed by atoms with Crippen molar-refractivity contribution in [1.29, 1.82) is 0 Å². The highest BCUT2D eigenvalue weighted by molar-refractivity contribution is 9.10. The number of hydrogen-bond donors (Lipinski definition) is 1. The summed E-state index contributed by atoms with van der Waals surface area (Å²) < 4.78 is 27.4. The number of rotatable bonds is 3. The van der Waals surface area contributed by atoms with Crippen molar-refractivity contribution >= 4 is 25.8 Å². The Labute approximate surface area is 85.2 Å². The molecule has 0 aliphatic heterocycles. The molecule has 0 aromatic carbocycles. The highest BCUT2D eigenvalue weighted by Crippen LogP contribution is 2.19. The third-order valence-electron chi connectivity index (χ3n) is 1.44. The summed E-state index contributed by atoms with van der Waals surface area (Å²) >= 11 is 3.11. The van der Waals surface area contributed by atoms with E-state index in [9.17, 15) is 8.42 Å². The van der Waals surface area contributed by atoms with Gasteiger partial charge in [-0.25, -0.2) is 8.42 Å². The third kappa shape index (κ3) is 3.50. The van der Waals surface area contributed by atoms with Gasteiger partial charge in [0.25, 0.3) is 0 Å². The number of hydrogen-bond acceptors (Lipinski definition) is 4. The second-order valence-electron chi connectivity index (χ2n) is 2.84. The van der Waals surface area contributed by atoms with Crippen molar-refractivity contribution in [3.63, 3.8) is 0 Å². The van der Waals surface area contributed by atoms with Crippen LogP contribution in [-0.2, 0) is 9.84 Å². The van der Waals surface area contributed by atoms with Gasteiger partial charge >= 0.3 is 0 Å². The van der Waals surface area contributed by atoms with Crippen LogP contribution in [0.4, 0.5) is 0 Å². The first kappa shape index (κ1) is 10.7. The molecule has 1 rings (SSSR count). The van der Waals surface area contributed by atoms with Crippen molar-refractivity contribution in [2.75, 3.05) is 12.0 Å². The molecule has 4 nitrogen and oxygen atoms in total. The maximum atomic E-state index is 10.9. The lowest BCUT2D eigenvalue weighted by atomic mass is 10.3. The lowest BCUT2D eigenvalue weighted by Gasteiger charge is -2.05. The molecule has 1 heterocycles. The van der Waals surface area contributed by atoms with Crippen molar-refractivity contribution < 1.29 is 12.8 Å². The van der Waals surface area contributed by atoms with Crippen molar-refractivity contribution in [3.8, 4) is 0 Å². The SMILES string of the molecule is CS(=O)(=O)C[C@H](N)c1ccc(Br)o1. The van der Waals surface area contributed by atoms with E-state index < -0.39 is 15.9 Å². The van der Waals surface area contributed by atoms with Gasteiger partial charge in [0.15, 0.2) is 4.67 Å². The highest BCUT2D eigenvalue weighted by atomic mass is 79.9. The number of nitrogens with two attached hydrogens (primary N) is 1. The molecule has 2 N–H and O–H groups in total. The average Bonchev–Trinajstić information content (AvgIpc) is 2.31. The highest BCUT2D eigenvalue weighted by Gasteiger charge is 2.15. The van der Waals surface area contributed by atoms with Crippen LogP contribution in [0.1, 0.15) is 11.8 Å². The van der Waals surface area contributed by atoms with E-state index in [1.54, 1.807) is 12.1 Å². The fourth-order valence-electron chi connectivity index (χ4n) is 0.936. The van der Waals surface area contributed by atoms with Crippen LogP contribution in [-0.4, -0.2) is 20.4 Å². The van der Waals surface area contributed by atoms with Gasteiger partial charge in [0.1, 0.15) is 15.6 Å². The van der Waals surface area contributed by atoms with Gasteiger partial charge in [-0.05, 0) is 28.1 Å². The van der Waals surface area contributed by atoms with Crippen LogP contribution in [0.2, 0.25) is 0 Å². The zero-order chi connectivity index (χ0) is 10.1. The lowest BCUT2D eigenvalue weighted by Crippen LogP contribution is -2.20. The first-order valence-electron chi connectivity index (χ1n) is 3.57. The molecule has 6 heteroatoms. The average molecular weight is 268 g/mol. The normalized spacial score (nSPS) is 14.4. The Morgan fingerprint density at radius 2 is 2.23 bits per heavy atom. The summed E-state index contributed by atoms with van der Waals surface area (Å²) in [5.74, 6) is 0.366. The molecule has 0 radical (unpaired) electrons. The van der Waals surface area contributed by atoms with E-state index in [0.29, 0.717) is 10.4 Å². The summed E-state index contributed by atoms with van der Waals surface area (Å²) in [5, 5.41) is 0. The summed E-state index contributed by atoms with van der Waals surface area (Å²) in [7, 11) is -3.06. The zero-order valence-corrected chi connectivity index (χ0v) is 9.43.